The third-order valence-electron chi connectivity index (χ3n) is 8.51. The molecule has 0 atom stereocenters. The van der Waals surface area contributed by atoms with E-state index in [9.17, 15) is 0 Å². The van der Waals surface area contributed by atoms with Gasteiger partial charge in [-0.05, 0) is 78.5 Å². The van der Waals surface area contributed by atoms with Gasteiger partial charge in [-0.1, -0.05) is 84.9 Å². The van der Waals surface area contributed by atoms with E-state index in [-0.39, 0.29) is 0 Å². The van der Waals surface area contributed by atoms with Crippen molar-refractivity contribution in [2.75, 3.05) is 0 Å². The second-order valence-electron chi connectivity index (χ2n) is 10.5. The van der Waals surface area contributed by atoms with Crippen molar-refractivity contribution in [3.05, 3.63) is 109 Å². The highest BCUT2D eigenvalue weighted by Crippen LogP contribution is 2.53. The quantitative estimate of drug-likeness (QED) is 0.201. The van der Waals surface area contributed by atoms with Crippen LogP contribution in [0.2, 0.25) is 0 Å². The summed E-state index contributed by atoms with van der Waals surface area (Å²) in [6, 6.07) is 40.8. The Hall–Kier alpha value is -4.24. The average molecular weight is 515 g/mol. The van der Waals surface area contributed by atoms with E-state index in [1.807, 2.05) is 22.7 Å². The molecule has 0 N–H and O–H groups in total. The number of benzene rings is 6. The van der Waals surface area contributed by atoms with Crippen molar-refractivity contribution < 1.29 is 0 Å². The molecule has 38 heavy (non-hydrogen) atoms. The minimum absolute atomic E-state index is 1.30. The van der Waals surface area contributed by atoms with E-state index >= 15 is 0 Å². The van der Waals surface area contributed by atoms with Crippen molar-refractivity contribution in [2.45, 2.75) is 0 Å². The first kappa shape index (κ1) is 19.8. The molecule has 0 aliphatic rings. The van der Waals surface area contributed by atoms with E-state index in [4.69, 9.17) is 0 Å². The summed E-state index contributed by atoms with van der Waals surface area (Å²) < 4.78 is 2.83. The highest BCUT2D eigenvalue weighted by Gasteiger charge is 2.23. The van der Waals surface area contributed by atoms with Gasteiger partial charge in [0.05, 0.1) is 0 Å². The molecule has 0 bridgehead atoms. The Morgan fingerprint density at radius 1 is 0.342 bits per heavy atom. The Morgan fingerprint density at radius 3 is 1.24 bits per heavy atom. The van der Waals surface area contributed by atoms with Crippen molar-refractivity contribution in [2.24, 2.45) is 0 Å². The zero-order chi connectivity index (χ0) is 24.5. The molecule has 174 valence electrons. The summed E-state index contributed by atoms with van der Waals surface area (Å²) in [6.07, 6.45) is 0. The summed E-state index contributed by atoms with van der Waals surface area (Å²) in [5.41, 5.74) is 2.60. The summed E-state index contributed by atoms with van der Waals surface area (Å²) in [6.45, 7) is 0. The summed E-state index contributed by atoms with van der Waals surface area (Å²) in [4.78, 5) is 2.70. The van der Waals surface area contributed by atoms with Gasteiger partial charge in [-0.15, -0.1) is 22.7 Å². The lowest BCUT2D eigenvalue weighted by Crippen LogP contribution is -1.84. The molecule has 0 saturated heterocycles. The Labute approximate surface area is 226 Å². The second kappa shape index (κ2) is 6.79. The SMILES string of the molecule is c1ccc(-c2cc3c4ccc5cc6c7sc(-c8ccccc8)cc7c7ccc8cc(c3s2)c4c5c8c76)cc1. The van der Waals surface area contributed by atoms with Gasteiger partial charge < -0.3 is 0 Å². The van der Waals surface area contributed by atoms with Gasteiger partial charge in [0.25, 0.3) is 0 Å². The van der Waals surface area contributed by atoms with E-state index in [1.165, 1.54) is 94.9 Å². The molecule has 10 rings (SSSR count). The third kappa shape index (κ3) is 2.32. The molecule has 0 aliphatic carbocycles. The van der Waals surface area contributed by atoms with Crippen LogP contribution >= 0.6 is 22.7 Å². The van der Waals surface area contributed by atoms with Gasteiger partial charge in [-0.25, -0.2) is 0 Å². The van der Waals surface area contributed by atoms with Gasteiger partial charge in [0.2, 0.25) is 0 Å². The maximum atomic E-state index is 2.47. The first-order chi connectivity index (χ1) is 18.8. The lowest BCUT2D eigenvalue weighted by Gasteiger charge is -2.12. The summed E-state index contributed by atoms with van der Waals surface area (Å²) in [5.74, 6) is 0. The number of rotatable bonds is 2. The topological polar surface area (TPSA) is 0 Å². The van der Waals surface area contributed by atoms with Crippen LogP contribution in [0.15, 0.2) is 109 Å². The van der Waals surface area contributed by atoms with Crippen molar-refractivity contribution >= 4 is 96.7 Å². The zero-order valence-corrected chi connectivity index (χ0v) is 21.8. The molecule has 8 aromatic carbocycles. The standard InChI is InChI=1S/C36H18S2/c1-3-7-19(8-4-1)29-17-25-23-13-11-22-16-28-34-24(26-18-30(38-36(26)28)20-9-5-2-6-10-20)14-12-21-15-27(35(25)37-29)33(23)31(22)32(21)34/h1-18H. The minimum atomic E-state index is 1.30. The van der Waals surface area contributed by atoms with Gasteiger partial charge >= 0.3 is 0 Å². The van der Waals surface area contributed by atoms with Crippen LogP contribution in [0.25, 0.3) is 94.9 Å². The van der Waals surface area contributed by atoms with E-state index in [1.54, 1.807) is 0 Å². The molecule has 10 aromatic rings. The zero-order valence-electron chi connectivity index (χ0n) is 20.2. The van der Waals surface area contributed by atoms with E-state index in [0.29, 0.717) is 0 Å². The molecule has 0 spiro atoms. The number of hydrogen-bond acceptors (Lipinski definition) is 2. The van der Waals surface area contributed by atoms with Gasteiger partial charge in [-0.2, -0.15) is 0 Å². The average Bonchev–Trinajstić information content (AvgIpc) is 3.72. The molecule has 0 unspecified atom stereocenters. The second-order valence-corrected chi connectivity index (χ2v) is 12.6. The molecular formula is C36H18S2. The molecule has 0 aliphatic heterocycles. The normalized spacial score (nSPS) is 12.7. The molecular weight excluding hydrogens is 497 g/mol. The minimum Gasteiger partial charge on any atom is -0.135 e. The molecule has 0 nitrogen and oxygen atoms in total. The van der Waals surface area contributed by atoms with Crippen LogP contribution in [0.1, 0.15) is 0 Å². The van der Waals surface area contributed by atoms with Crippen LogP contribution in [0.3, 0.4) is 0 Å². The third-order valence-corrected chi connectivity index (χ3v) is 10.9. The fourth-order valence-electron chi connectivity index (χ4n) is 6.91. The number of fused-ring (bicyclic) bond motifs is 6. The molecule has 2 aromatic heterocycles. The predicted molar refractivity (Wildman–Crippen MR) is 169 cm³/mol. The van der Waals surface area contributed by atoms with Gasteiger partial charge in [0.15, 0.2) is 0 Å². The van der Waals surface area contributed by atoms with Crippen LogP contribution in [0.5, 0.6) is 0 Å². The smallest absolute Gasteiger partial charge is 0.0434 e. The van der Waals surface area contributed by atoms with Crippen molar-refractivity contribution in [1.82, 2.24) is 0 Å². The maximum absolute atomic E-state index is 2.47. The van der Waals surface area contributed by atoms with Crippen molar-refractivity contribution in [3.8, 4) is 20.9 Å². The van der Waals surface area contributed by atoms with Crippen molar-refractivity contribution in [1.29, 1.82) is 0 Å². The van der Waals surface area contributed by atoms with E-state index < -0.39 is 0 Å². The molecule has 0 amide bonds. The highest BCUT2D eigenvalue weighted by atomic mass is 32.1. The summed E-state index contributed by atoms with van der Waals surface area (Å²) in [5, 5.41) is 16.9. The highest BCUT2D eigenvalue weighted by molar-refractivity contribution is 7.24. The van der Waals surface area contributed by atoms with Crippen LogP contribution in [0.4, 0.5) is 0 Å². The fraction of sp³-hybridized carbons (Fsp3) is 0. The van der Waals surface area contributed by atoms with E-state index in [0.717, 1.165) is 0 Å². The summed E-state index contributed by atoms with van der Waals surface area (Å²) >= 11 is 3.87. The van der Waals surface area contributed by atoms with Crippen LogP contribution in [-0.4, -0.2) is 0 Å². The Bertz CT molecular complexity index is 2300. The van der Waals surface area contributed by atoms with Gasteiger partial charge in [-0.3, -0.25) is 0 Å². The molecule has 2 heterocycles. The van der Waals surface area contributed by atoms with Crippen LogP contribution in [0, 0.1) is 0 Å². The lowest BCUT2D eigenvalue weighted by atomic mass is 9.91. The van der Waals surface area contributed by atoms with Gasteiger partial charge in [0, 0.05) is 40.7 Å². The Morgan fingerprint density at radius 2 is 0.789 bits per heavy atom. The number of hydrogen-bond donors (Lipinski definition) is 0. The van der Waals surface area contributed by atoms with Gasteiger partial charge in [0.1, 0.15) is 0 Å². The van der Waals surface area contributed by atoms with Crippen molar-refractivity contribution in [3.63, 3.8) is 0 Å². The molecule has 0 fully saturated rings. The largest absolute Gasteiger partial charge is 0.135 e. The first-order valence-electron chi connectivity index (χ1n) is 13.0. The molecule has 2 heteroatoms. The molecule has 0 saturated carbocycles. The molecule has 0 radical (unpaired) electrons. The van der Waals surface area contributed by atoms with Crippen LogP contribution < -0.4 is 0 Å². The fourth-order valence-corrected chi connectivity index (χ4v) is 9.31. The van der Waals surface area contributed by atoms with E-state index in [2.05, 4.69) is 109 Å². The monoisotopic (exact) mass is 514 g/mol. The predicted octanol–water partition coefficient (Wildman–Crippen LogP) is 11.5. The first-order valence-corrected chi connectivity index (χ1v) is 14.7. The Kier molecular flexibility index (Phi) is 3.54. The summed E-state index contributed by atoms with van der Waals surface area (Å²) in [7, 11) is 0. The van der Waals surface area contributed by atoms with Crippen LogP contribution in [-0.2, 0) is 0 Å². The number of thiophene rings is 2. The lowest BCUT2D eigenvalue weighted by molar-refractivity contribution is 1.70. The Balaban J connectivity index is 1.34. The maximum Gasteiger partial charge on any atom is 0.0434 e.